The number of carbonyl (C=O) groups is 4. The van der Waals surface area contributed by atoms with Gasteiger partial charge in [0.2, 0.25) is 17.7 Å². The highest BCUT2D eigenvalue weighted by Gasteiger charge is 2.51. The van der Waals surface area contributed by atoms with E-state index in [1.54, 1.807) is 20.8 Å². The molecule has 9 heteroatoms. The average Bonchev–Trinajstić information content (AvgIpc) is 2.61. The van der Waals surface area contributed by atoms with E-state index >= 15 is 0 Å². The number of amides is 4. The van der Waals surface area contributed by atoms with E-state index in [9.17, 15) is 19.2 Å². The molecule has 4 amide bonds. The van der Waals surface area contributed by atoms with Crippen LogP contribution in [0, 0.1) is 17.8 Å². The Morgan fingerprint density at radius 3 is 2.00 bits per heavy atom. The first-order valence-electron chi connectivity index (χ1n) is 11.7. The molecule has 0 unspecified atom stereocenters. The SMILES string of the molecule is C[C@H](NC(=O)OC(C)(C)C)C(=O)N[C@H](CCC(=O)NC12CC3CC(CC(C3)C1)C2)C(N)=O. The topological polar surface area (TPSA) is 140 Å². The van der Waals surface area contributed by atoms with E-state index < -0.39 is 35.6 Å². The maximum Gasteiger partial charge on any atom is 0.408 e. The van der Waals surface area contributed by atoms with Crippen LogP contribution in [0.4, 0.5) is 4.79 Å². The zero-order valence-corrected chi connectivity index (χ0v) is 19.7. The van der Waals surface area contributed by atoms with Crippen molar-refractivity contribution in [1.29, 1.82) is 0 Å². The Morgan fingerprint density at radius 2 is 1.53 bits per heavy atom. The number of nitrogens with two attached hydrogens (primary N) is 1. The third-order valence-electron chi connectivity index (χ3n) is 6.89. The maximum absolute atomic E-state index is 12.7. The lowest BCUT2D eigenvalue weighted by molar-refractivity contribution is -0.130. The van der Waals surface area contributed by atoms with Crippen molar-refractivity contribution in [2.24, 2.45) is 23.5 Å². The van der Waals surface area contributed by atoms with Gasteiger partial charge in [0.1, 0.15) is 17.7 Å². The van der Waals surface area contributed by atoms with Gasteiger partial charge in [-0.25, -0.2) is 4.79 Å². The molecule has 4 aliphatic carbocycles. The number of carbonyl (C=O) groups excluding carboxylic acids is 4. The molecule has 4 aliphatic rings. The third kappa shape index (κ3) is 6.36. The molecule has 4 rings (SSSR count). The standard InChI is InChI=1S/C23H38N4O5/c1-13(25-21(31)32-22(2,3)4)20(30)26-17(19(24)29)5-6-18(28)27-23-10-14-7-15(11-23)9-16(8-14)12-23/h13-17H,5-12H2,1-4H3,(H2,24,29)(H,25,31)(H,26,30)(H,27,28)/t13-,14?,15?,16?,17+,23?/m0/s1. The second-order valence-electron chi connectivity index (χ2n) is 11.1. The predicted molar refractivity (Wildman–Crippen MR) is 118 cm³/mol. The summed E-state index contributed by atoms with van der Waals surface area (Å²) in [6.45, 7) is 6.63. The summed E-state index contributed by atoms with van der Waals surface area (Å²) in [5, 5.41) is 8.23. The Kier molecular flexibility index (Phi) is 7.05. The first kappa shape index (κ1) is 24.3. The molecule has 0 saturated heterocycles. The fourth-order valence-corrected chi connectivity index (χ4v) is 6.03. The quantitative estimate of drug-likeness (QED) is 0.446. The second kappa shape index (κ2) is 9.27. The molecule has 0 aromatic rings. The second-order valence-corrected chi connectivity index (χ2v) is 11.1. The van der Waals surface area contributed by atoms with E-state index in [0.29, 0.717) is 0 Å². The summed E-state index contributed by atoms with van der Waals surface area (Å²) in [5.41, 5.74) is 4.66. The van der Waals surface area contributed by atoms with Crippen LogP contribution in [0.25, 0.3) is 0 Å². The van der Waals surface area contributed by atoms with Crippen molar-refractivity contribution in [3.8, 4) is 0 Å². The lowest BCUT2D eigenvalue weighted by Gasteiger charge is -2.57. The van der Waals surface area contributed by atoms with Crippen molar-refractivity contribution in [2.45, 2.75) is 102 Å². The van der Waals surface area contributed by atoms with Gasteiger partial charge in [-0.2, -0.15) is 0 Å². The highest BCUT2D eigenvalue weighted by atomic mass is 16.6. The fourth-order valence-electron chi connectivity index (χ4n) is 6.03. The van der Waals surface area contributed by atoms with E-state index in [4.69, 9.17) is 10.5 Å². The van der Waals surface area contributed by atoms with Crippen molar-refractivity contribution in [3.05, 3.63) is 0 Å². The maximum atomic E-state index is 12.7. The number of alkyl carbamates (subject to hydrolysis) is 1. The van der Waals surface area contributed by atoms with E-state index in [-0.39, 0.29) is 24.3 Å². The van der Waals surface area contributed by atoms with Crippen LogP contribution in [-0.4, -0.2) is 47.0 Å². The first-order chi connectivity index (χ1) is 14.8. The summed E-state index contributed by atoms with van der Waals surface area (Å²) in [6.07, 6.45) is 6.51. The van der Waals surface area contributed by atoms with Gasteiger partial charge >= 0.3 is 6.09 Å². The number of hydrogen-bond donors (Lipinski definition) is 4. The lowest BCUT2D eigenvalue weighted by atomic mass is 9.53. The Bertz CT molecular complexity index is 725. The molecule has 0 heterocycles. The summed E-state index contributed by atoms with van der Waals surface area (Å²) in [5.74, 6) is 0.772. The van der Waals surface area contributed by atoms with Crippen LogP contribution in [0.5, 0.6) is 0 Å². The number of rotatable bonds is 8. The molecule has 0 spiro atoms. The normalized spacial score (nSPS) is 30.2. The number of hydrogen-bond acceptors (Lipinski definition) is 5. The smallest absolute Gasteiger partial charge is 0.408 e. The molecule has 0 aromatic heterocycles. The van der Waals surface area contributed by atoms with Crippen molar-refractivity contribution in [2.75, 3.05) is 0 Å². The minimum absolute atomic E-state index is 0.0941. The van der Waals surface area contributed by atoms with Crippen LogP contribution < -0.4 is 21.7 Å². The summed E-state index contributed by atoms with van der Waals surface area (Å²) < 4.78 is 5.13. The van der Waals surface area contributed by atoms with Crippen molar-refractivity contribution in [1.82, 2.24) is 16.0 Å². The van der Waals surface area contributed by atoms with E-state index in [1.165, 1.54) is 26.2 Å². The highest BCUT2D eigenvalue weighted by Crippen LogP contribution is 2.55. The largest absolute Gasteiger partial charge is 0.444 e. The van der Waals surface area contributed by atoms with Gasteiger partial charge in [-0.3, -0.25) is 14.4 Å². The van der Waals surface area contributed by atoms with Gasteiger partial charge in [0.05, 0.1) is 0 Å². The first-order valence-corrected chi connectivity index (χ1v) is 11.7. The van der Waals surface area contributed by atoms with Gasteiger partial charge in [-0.1, -0.05) is 0 Å². The Morgan fingerprint density at radius 1 is 1.00 bits per heavy atom. The molecule has 4 fully saturated rings. The van der Waals surface area contributed by atoms with Crippen LogP contribution >= 0.6 is 0 Å². The Balaban J connectivity index is 1.47. The van der Waals surface area contributed by atoms with Crippen molar-refractivity contribution >= 4 is 23.8 Å². The molecule has 0 radical (unpaired) electrons. The van der Waals surface area contributed by atoms with Gasteiger partial charge in [-0.15, -0.1) is 0 Å². The van der Waals surface area contributed by atoms with Crippen LogP contribution in [0.1, 0.15) is 79.1 Å². The molecule has 5 N–H and O–H groups in total. The lowest BCUT2D eigenvalue weighted by Crippen LogP contribution is -2.60. The Hall–Kier alpha value is -2.32. The molecule has 4 bridgehead atoms. The summed E-state index contributed by atoms with van der Waals surface area (Å²) in [7, 11) is 0. The van der Waals surface area contributed by atoms with Crippen LogP contribution in [0.15, 0.2) is 0 Å². The van der Waals surface area contributed by atoms with Crippen molar-refractivity contribution < 1.29 is 23.9 Å². The third-order valence-corrected chi connectivity index (χ3v) is 6.89. The van der Waals surface area contributed by atoms with Gasteiger partial charge in [0, 0.05) is 12.0 Å². The van der Waals surface area contributed by atoms with Crippen molar-refractivity contribution in [3.63, 3.8) is 0 Å². The van der Waals surface area contributed by atoms with Crippen LogP contribution in [-0.2, 0) is 19.1 Å². The molecule has 180 valence electrons. The molecular formula is C23H38N4O5. The number of nitrogens with one attached hydrogen (secondary N) is 3. The zero-order chi connectivity index (χ0) is 23.7. The molecule has 4 saturated carbocycles. The monoisotopic (exact) mass is 450 g/mol. The van der Waals surface area contributed by atoms with Gasteiger partial charge in [-0.05, 0) is 90.4 Å². The number of ether oxygens (including phenoxy) is 1. The molecule has 2 atom stereocenters. The van der Waals surface area contributed by atoms with E-state index in [0.717, 1.165) is 37.0 Å². The van der Waals surface area contributed by atoms with Gasteiger partial charge in [0.15, 0.2) is 0 Å². The van der Waals surface area contributed by atoms with Gasteiger partial charge < -0.3 is 26.4 Å². The molecular weight excluding hydrogens is 412 g/mol. The average molecular weight is 451 g/mol. The van der Waals surface area contributed by atoms with E-state index in [2.05, 4.69) is 16.0 Å². The number of primary amides is 1. The summed E-state index contributed by atoms with van der Waals surface area (Å²) in [4.78, 5) is 48.8. The Labute approximate surface area is 189 Å². The molecule has 9 nitrogen and oxygen atoms in total. The zero-order valence-electron chi connectivity index (χ0n) is 19.7. The summed E-state index contributed by atoms with van der Waals surface area (Å²) >= 11 is 0. The van der Waals surface area contributed by atoms with Crippen LogP contribution in [0.2, 0.25) is 0 Å². The molecule has 0 aliphatic heterocycles. The predicted octanol–water partition coefficient (Wildman–Crippen LogP) is 1.73. The van der Waals surface area contributed by atoms with E-state index in [1.807, 2.05) is 0 Å². The van der Waals surface area contributed by atoms with Gasteiger partial charge in [0.25, 0.3) is 0 Å². The van der Waals surface area contributed by atoms with Crippen LogP contribution in [0.3, 0.4) is 0 Å². The highest BCUT2D eigenvalue weighted by molar-refractivity contribution is 5.90. The molecule has 0 aromatic carbocycles. The minimum Gasteiger partial charge on any atom is -0.444 e. The summed E-state index contributed by atoms with van der Waals surface area (Å²) in [6, 6.07) is -1.92. The molecule has 32 heavy (non-hydrogen) atoms. The fraction of sp³-hybridized carbons (Fsp3) is 0.826. The minimum atomic E-state index is -0.993.